The molecular formula is C12H12N6O2. The van der Waals surface area contributed by atoms with Crippen LogP contribution in [0.4, 0.5) is 0 Å². The van der Waals surface area contributed by atoms with Gasteiger partial charge in [-0.15, -0.1) is 0 Å². The van der Waals surface area contributed by atoms with Crippen LogP contribution in [0.1, 0.15) is 5.82 Å². The van der Waals surface area contributed by atoms with Crippen molar-refractivity contribution in [1.29, 1.82) is 0 Å². The molecule has 0 aliphatic carbocycles. The van der Waals surface area contributed by atoms with Crippen LogP contribution in [0.25, 0.3) is 11.4 Å². The molecule has 0 bridgehead atoms. The number of methoxy groups -OCH3 is 1. The van der Waals surface area contributed by atoms with Crippen molar-refractivity contribution in [2.75, 3.05) is 7.11 Å². The van der Waals surface area contributed by atoms with Gasteiger partial charge in [0.2, 0.25) is 5.88 Å². The monoisotopic (exact) mass is 272 g/mol. The largest absolute Gasteiger partial charge is 0.481 e. The van der Waals surface area contributed by atoms with E-state index in [0.29, 0.717) is 18.2 Å². The highest BCUT2D eigenvalue weighted by atomic mass is 16.5. The van der Waals surface area contributed by atoms with Gasteiger partial charge in [0.05, 0.1) is 13.7 Å². The number of hydrogen-bond donors (Lipinski definition) is 2. The van der Waals surface area contributed by atoms with Crippen LogP contribution < -0.4 is 10.4 Å². The van der Waals surface area contributed by atoms with Crippen LogP contribution in [-0.4, -0.2) is 36.8 Å². The van der Waals surface area contributed by atoms with Crippen molar-refractivity contribution < 1.29 is 4.74 Å². The Labute approximate surface area is 113 Å². The maximum Gasteiger partial charge on any atom is 0.340 e. The Hall–Kier alpha value is -2.90. The van der Waals surface area contributed by atoms with Gasteiger partial charge >= 0.3 is 5.69 Å². The van der Waals surface area contributed by atoms with E-state index in [0.717, 1.165) is 11.4 Å². The second kappa shape index (κ2) is 5.00. The second-order valence-corrected chi connectivity index (χ2v) is 4.09. The molecule has 3 aromatic heterocycles. The number of nitrogens with zero attached hydrogens (tertiary/aromatic N) is 4. The zero-order valence-corrected chi connectivity index (χ0v) is 10.7. The van der Waals surface area contributed by atoms with Crippen molar-refractivity contribution in [2.45, 2.75) is 6.54 Å². The number of aromatic amines is 2. The highest BCUT2D eigenvalue weighted by Crippen LogP contribution is 2.18. The minimum atomic E-state index is -0.326. The lowest BCUT2D eigenvalue weighted by Crippen LogP contribution is -2.05. The first-order valence-electron chi connectivity index (χ1n) is 5.91. The maximum atomic E-state index is 11.0. The minimum Gasteiger partial charge on any atom is -0.481 e. The molecule has 0 unspecified atom stereocenters. The van der Waals surface area contributed by atoms with E-state index in [9.17, 15) is 4.79 Å². The highest BCUT2D eigenvalue weighted by molar-refractivity contribution is 5.54. The summed E-state index contributed by atoms with van der Waals surface area (Å²) in [5.41, 5.74) is 0.529. The van der Waals surface area contributed by atoms with E-state index in [4.69, 9.17) is 4.74 Å². The molecule has 0 amide bonds. The summed E-state index contributed by atoms with van der Waals surface area (Å²) in [5.74, 6) is 1.82. The van der Waals surface area contributed by atoms with Crippen LogP contribution in [-0.2, 0) is 6.54 Å². The molecule has 3 rings (SSSR count). The molecule has 0 saturated heterocycles. The Morgan fingerprint density at radius 2 is 2.25 bits per heavy atom. The zero-order chi connectivity index (χ0) is 13.9. The van der Waals surface area contributed by atoms with E-state index >= 15 is 0 Å². The third kappa shape index (κ3) is 2.30. The second-order valence-electron chi connectivity index (χ2n) is 4.09. The molecule has 0 spiro atoms. The van der Waals surface area contributed by atoms with Crippen LogP contribution in [0.2, 0.25) is 0 Å². The summed E-state index contributed by atoms with van der Waals surface area (Å²) in [6.07, 6.45) is 5.18. The SMILES string of the molecule is COc1ccc(-c2nccn2Cc2n[nH]c(=O)[nH]2)cn1. The summed E-state index contributed by atoms with van der Waals surface area (Å²) in [6.45, 7) is 0.417. The van der Waals surface area contributed by atoms with Crippen molar-refractivity contribution in [2.24, 2.45) is 0 Å². The van der Waals surface area contributed by atoms with Crippen LogP contribution in [0.3, 0.4) is 0 Å². The molecule has 8 nitrogen and oxygen atoms in total. The van der Waals surface area contributed by atoms with Gasteiger partial charge < -0.3 is 9.30 Å². The fourth-order valence-corrected chi connectivity index (χ4v) is 1.87. The molecule has 0 radical (unpaired) electrons. The first-order valence-corrected chi connectivity index (χ1v) is 5.91. The van der Waals surface area contributed by atoms with Crippen molar-refractivity contribution in [3.63, 3.8) is 0 Å². The Bertz CT molecular complexity index is 755. The van der Waals surface area contributed by atoms with E-state index in [1.165, 1.54) is 0 Å². The fourth-order valence-electron chi connectivity index (χ4n) is 1.87. The normalized spacial score (nSPS) is 10.7. The molecule has 0 fully saturated rings. The van der Waals surface area contributed by atoms with Gasteiger partial charge in [-0.2, -0.15) is 5.10 Å². The Kier molecular flexibility index (Phi) is 3.04. The third-order valence-electron chi connectivity index (χ3n) is 2.79. The van der Waals surface area contributed by atoms with E-state index in [1.54, 1.807) is 25.6 Å². The van der Waals surface area contributed by atoms with Crippen LogP contribution in [0.15, 0.2) is 35.5 Å². The summed E-state index contributed by atoms with van der Waals surface area (Å²) < 4.78 is 6.89. The lowest BCUT2D eigenvalue weighted by Gasteiger charge is -2.06. The number of H-pyrrole nitrogens is 2. The molecule has 8 heteroatoms. The van der Waals surface area contributed by atoms with E-state index in [2.05, 4.69) is 25.1 Å². The van der Waals surface area contributed by atoms with Crippen LogP contribution >= 0.6 is 0 Å². The first kappa shape index (κ1) is 12.2. The lowest BCUT2D eigenvalue weighted by molar-refractivity contribution is 0.398. The van der Waals surface area contributed by atoms with Crippen molar-refractivity contribution in [1.82, 2.24) is 29.7 Å². The first-order chi connectivity index (χ1) is 9.76. The summed E-state index contributed by atoms with van der Waals surface area (Å²) in [7, 11) is 1.57. The average Bonchev–Trinajstić information content (AvgIpc) is 3.09. The molecule has 3 aromatic rings. The van der Waals surface area contributed by atoms with Crippen molar-refractivity contribution in [3.05, 3.63) is 47.0 Å². The van der Waals surface area contributed by atoms with Gasteiger partial charge in [0.1, 0.15) is 5.82 Å². The molecular weight excluding hydrogens is 260 g/mol. The van der Waals surface area contributed by atoms with Crippen LogP contribution in [0, 0.1) is 0 Å². The molecule has 0 atom stereocenters. The Balaban J connectivity index is 1.90. The Morgan fingerprint density at radius 1 is 1.35 bits per heavy atom. The van der Waals surface area contributed by atoms with E-state index in [1.807, 2.05) is 16.8 Å². The molecule has 102 valence electrons. The van der Waals surface area contributed by atoms with Gasteiger partial charge in [-0.3, -0.25) is 4.98 Å². The predicted molar refractivity (Wildman–Crippen MR) is 70.3 cm³/mol. The maximum absolute atomic E-state index is 11.0. The van der Waals surface area contributed by atoms with Crippen molar-refractivity contribution >= 4 is 0 Å². The minimum absolute atomic E-state index is 0.326. The number of rotatable bonds is 4. The van der Waals surface area contributed by atoms with E-state index in [-0.39, 0.29) is 5.69 Å². The van der Waals surface area contributed by atoms with Gasteiger partial charge in [0, 0.05) is 30.2 Å². The van der Waals surface area contributed by atoms with Gasteiger partial charge in [0.15, 0.2) is 5.82 Å². The highest BCUT2D eigenvalue weighted by Gasteiger charge is 2.08. The lowest BCUT2D eigenvalue weighted by atomic mass is 10.2. The van der Waals surface area contributed by atoms with E-state index < -0.39 is 0 Å². The number of hydrogen-bond acceptors (Lipinski definition) is 5. The molecule has 0 aromatic carbocycles. The molecule has 2 N–H and O–H groups in total. The molecule has 20 heavy (non-hydrogen) atoms. The molecule has 0 aliphatic rings. The molecule has 0 saturated carbocycles. The third-order valence-corrected chi connectivity index (χ3v) is 2.79. The number of nitrogens with one attached hydrogen (secondary N) is 2. The average molecular weight is 272 g/mol. The molecule has 0 aliphatic heterocycles. The summed E-state index contributed by atoms with van der Waals surface area (Å²) in [5, 5.41) is 6.21. The Morgan fingerprint density at radius 3 is 2.90 bits per heavy atom. The summed E-state index contributed by atoms with van der Waals surface area (Å²) >= 11 is 0. The van der Waals surface area contributed by atoms with Gasteiger partial charge in [-0.1, -0.05) is 0 Å². The van der Waals surface area contributed by atoms with Gasteiger partial charge in [-0.05, 0) is 6.07 Å². The topological polar surface area (TPSA) is 101 Å². The predicted octanol–water partition coefficient (Wildman–Crippen LogP) is 0.413. The zero-order valence-electron chi connectivity index (χ0n) is 10.7. The number of imidazole rings is 1. The number of aromatic nitrogens is 6. The summed E-state index contributed by atoms with van der Waals surface area (Å²) in [4.78, 5) is 22.1. The quantitative estimate of drug-likeness (QED) is 0.716. The van der Waals surface area contributed by atoms with Crippen LogP contribution in [0.5, 0.6) is 5.88 Å². The molecule has 3 heterocycles. The van der Waals surface area contributed by atoms with Crippen molar-refractivity contribution in [3.8, 4) is 17.3 Å². The fraction of sp³-hybridized carbons (Fsp3) is 0.167. The summed E-state index contributed by atoms with van der Waals surface area (Å²) in [6, 6.07) is 3.64. The standard InChI is InChI=1S/C12H12N6O2/c1-20-10-3-2-8(6-14-10)11-13-4-5-18(11)7-9-15-12(19)17-16-9/h2-6H,7H2,1H3,(H2,15,16,17,19). The number of ether oxygens (including phenoxy) is 1. The number of pyridine rings is 1. The van der Waals surface area contributed by atoms with Gasteiger partial charge in [0.25, 0.3) is 0 Å². The smallest absolute Gasteiger partial charge is 0.340 e. The van der Waals surface area contributed by atoms with Gasteiger partial charge in [-0.25, -0.2) is 19.9 Å².